The number of rotatable bonds is 8. The zero-order valence-electron chi connectivity index (χ0n) is 14.7. The summed E-state index contributed by atoms with van der Waals surface area (Å²) in [7, 11) is -4.02. The SMILES string of the molecule is O=[N+]([O-])C[C@@H](c1ccc(Br)cc1)P(=O)(Oc1ccccc1)Oc1ccccc1. The fourth-order valence-electron chi connectivity index (χ4n) is 2.62. The van der Waals surface area contributed by atoms with Crippen molar-refractivity contribution in [1.82, 2.24) is 0 Å². The Morgan fingerprint density at radius 1 is 0.857 bits per heavy atom. The van der Waals surface area contributed by atoms with Crippen LogP contribution in [0.15, 0.2) is 89.4 Å². The predicted octanol–water partition coefficient (Wildman–Crippen LogP) is 6.12. The summed E-state index contributed by atoms with van der Waals surface area (Å²) >= 11 is 3.34. The molecule has 0 aliphatic heterocycles. The number of nitro groups is 1. The van der Waals surface area contributed by atoms with Gasteiger partial charge in [-0.15, -0.1) is 0 Å². The Bertz CT molecular complexity index is 921. The molecule has 0 aliphatic rings. The van der Waals surface area contributed by atoms with Crippen LogP contribution in [-0.4, -0.2) is 11.5 Å². The maximum atomic E-state index is 13.9. The Balaban J connectivity index is 2.06. The van der Waals surface area contributed by atoms with E-state index < -0.39 is 24.7 Å². The lowest BCUT2D eigenvalue weighted by molar-refractivity contribution is -0.480. The van der Waals surface area contributed by atoms with Crippen molar-refractivity contribution in [3.63, 3.8) is 0 Å². The molecule has 0 saturated carbocycles. The van der Waals surface area contributed by atoms with Gasteiger partial charge < -0.3 is 9.05 Å². The highest BCUT2D eigenvalue weighted by Gasteiger charge is 2.44. The van der Waals surface area contributed by atoms with Crippen LogP contribution in [0.1, 0.15) is 11.2 Å². The van der Waals surface area contributed by atoms with E-state index >= 15 is 0 Å². The van der Waals surface area contributed by atoms with Gasteiger partial charge in [0.15, 0.2) is 5.66 Å². The van der Waals surface area contributed by atoms with Gasteiger partial charge in [0.2, 0.25) is 6.54 Å². The number of nitrogens with zero attached hydrogens (tertiary/aromatic N) is 1. The van der Waals surface area contributed by atoms with Crippen LogP contribution in [0.2, 0.25) is 0 Å². The summed E-state index contributed by atoms with van der Waals surface area (Å²) in [4.78, 5) is 10.9. The Labute approximate surface area is 170 Å². The van der Waals surface area contributed by atoms with Gasteiger partial charge in [-0.1, -0.05) is 64.5 Å². The molecule has 3 aromatic rings. The molecule has 0 heterocycles. The maximum absolute atomic E-state index is 13.9. The molecule has 0 N–H and O–H groups in total. The maximum Gasteiger partial charge on any atom is 0.444 e. The predicted molar refractivity (Wildman–Crippen MR) is 110 cm³/mol. The third-order valence-electron chi connectivity index (χ3n) is 3.91. The molecule has 28 heavy (non-hydrogen) atoms. The molecule has 3 rings (SSSR count). The molecule has 1 atom stereocenters. The zero-order valence-corrected chi connectivity index (χ0v) is 17.2. The van der Waals surface area contributed by atoms with Gasteiger partial charge in [-0.3, -0.25) is 10.1 Å². The average Bonchev–Trinajstić information content (AvgIpc) is 2.68. The molecule has 144 valence electrons. The van der Waals surface area contributed by atoms with Crippen LogP contribution in [0.25, 0.3) is 0 Å². The van der Waals surface area contributed by atoms with Crippen LogP contribution in [0.4, 0.5) is 0 Å². The molecular formula is C20H17BrNO5P. The molecule has 8 heteroatoms. The van der Waals surface area contributed by atoms with E-state index in [-0.39, 0.29) is 0 Å². The first-order chi connectivity index (χ1) is 13.5. The molecule has 3 aromatic carbocycles. The Kier molecular flexibility index (Phi) is 6.49. The minimum absolute atomic E-state index is 0.312. The lowest BCUT2D eigenvalue weighted by Gasteiger charge is -2.25. The summed E-state index contributed by atoms with van der Waals surface area (Å²) in [5.41, 5.74) is -0.592. The van der Waals surface area contributed by atoms with E-state index in [9.17, 15) is 14.7 Å². The van der Waals surface area contributed by atoms with Crippen molar-refractivity contribution in [1.29, 1.82) is 0 Å². The van der Waals surface area contributed by atoms with Crippen LogP contribution in [0.3, 0.4) is 0 Å². The second-order valence-electron chi connectivity index (χ2n) is 5.93. The zero-order chi connectivity index (χ0) is 20.0. The van der Waals surface area contributed by atoms with E-state index in [0.29, 0.717) is 17.1 Å². The van der Waals surface area contributed by atoms with Gasteiger partial charge in [-0.25, -0.2) is 4.57 Å². The van der Waals surface area contributed by atoms with Crippen LogP contribution in [-0.2, 0) is 4.57 Å². The lowest BCUT2D eigenvalue weighted by Crippen LogP contribution is -2.18. The topological polar surface area (TPSA) is 78.7 Å². The van der Waals surface area contributed by atoms with E-state index in [4.69, 9.17) is 9.05 Å². The number of halogens is 1. The Morgan fingerprint density at radius 2 is 1.32 bits per heavy atom. The first-order valence-electron chi connectivity index (χ1n) is 8.42. The van der Waals surface area contributed by atoms with Crippen LogP contribution in [0.5, 0.6) is 11.5 Å². The lowest BCUT2D eigenvalue weighted by atomic mass is 10.1. The Morgan fingerprint density at radius 3 is 1.75 bits per heavy atom. The normalized spacial score (nSPS) is 12.2. The van der Waals surface area contributed by atoms with Crippen molar-refractivity contribution in [2.45, 2.75) is 5.66 Å². The average molecular weight is 462 g/mol. The highest BCUT2D eigenvalue weighted by atomic mass is 79.9. The molecule has 6 nitrogen and oxygen atoms in total. The van der Waals surface area contributed by atoms with Crippen LogP contribution < -0.4 is 9.05 Å². The number of benzene rings is 3. The molecule has 0 radical (unpaired) electrons. The van der Waals surface area contributed by atoms with Crippen molar-refractivity contribution in [2.75, 3.05) is 6.54 Å². The Hall–Kier alpha value is -2.63. The fraction of sp³-hybridized carbons (Fsp3) is 0.100. The second kappa shape index (κ2) is 9.04. The highest BCUT2D eigenvalue weighted by Crippen LogP contribution is 2.60. The number of para-hydroxylation sites is 2. The van der Waals surface area contributed by atoms with Gasteiger partial charge >= 0.3 is 7.60 Å². The smallest absolute Gasteiger partial charge is 0.415 e. The molecule has 0 spiro atoms. The summed E-state index contributed by atoms with van der Waals surface area (Å²) in [5, 5.41) is 11.4. The van der Waals surface area contributed by atoms with Crippen molar-refractivity contribution < 1.29 is 18.5 Å². The van der Waals surface area contributed by atoms with Crippen molar-refractivity contribution in [3.05, 3.63) is 105 Å². The van der Waals surface area contributed by atoms with Crippen LogP contribution >= 0.6 is 23.5 Å². The summed E-state index contributed by atoms with van der Waals surface area (Å²) < 4.78 is 26.3. The minimum Gasteiger partial charge on any atom is -0.415 e. The van der Waals surface area contributed by atoms with E-state index in [1.165, 1.54) is 0 Å². The molecule has 0 unspecified atom stereocenters. The summed E-state index contributed by atoms with van der Waals surface area (Å²) in [6.45, 7) is -0.599. The largest absolute Gasteiger partial charge is 0.444 e. The van der Waals surface area contributed by atoms with Gasteiger partial charge in [0.05, 0.1) is 0 Å². The number of hydrogen-bond acceptors (Lipinski definition) is 5. The van der Waals surface area contributed by atoms with Gasteiger partial charge in [0.25, 0.3) is 0 Å². The molecule has 0 aromatic heterocycles. The van der Waals surface area contributed by atoms with Crippen LogP contribution in [0, 0.1) is 10.1 Å². The third-order valence-corrected chi connectivity index (χ3v) is 6.59. The summed E-state index contributed by atoms with van der Waals surface area (Å²) in [6.07, 6.45) is 0. The first kappa shape index (κ1) is 20.1. The van der Waals surface area contributed by atoms with Gasteiger partial charge in [0, 0.05) is 9.40 Å². The van der Waals surface area contributed by atoms with E-state index in [1.807, 2.05) is 0 Å². The quantitative estimate of drug-likeness (QED) is 0.229. The van der Waals surface area contributed by atoms with Crippen molar-refractivity contribution in [2.24, 2.45) is 0 Å². The molecule has 0 aliphatic carbocycles. The summed E-state index contributed by atoms with van der Waals surface area (Å²) in [5.74, 6) is 0.624. The van der Waals surface area contributed by atoms with E-state index in [1.54, 1.807) is 84.9 Å². The van der Waals surface area contributed by atoms with E-state index in [2.05, 4.69) is 15.9 Å². The fourth-order valence-corrected chi connectivity index (χ4v) is 4.87. The molecule has 0 saturated heterocycles. The highest BCUT2D eigenvalue weighted by molar-refractivity contribution is 9.10. The van der Waals surface area contributed by atoms with Crippen molar-refractivity contribution in [3.8, 4) is 11.5 Å². The third kappa shape index (κ3) is 5.21. The molecule has 0 bridgehead atoms. The van der Waals surface area contributed by atoms with Crippen molar-refractivity contribution >= 4 is 23.5 Å². The van der Waals surface area contributed by atoms with Gasteiger partial charge in [-0.05, 0) is 42.0 Å². The minimum atomic E-state index is -4.02. The van der Waals surface area contributed by atoms with E-state index in [0.717, 1.165) is 4.47 Å². The van der Waals surface area contributed by atoms with Gasteiger partial charge in [-0.2, -0.15) is 0 Å². The first-order valence-corrected chi connectivity index (χ1v) is 10.8. The standard InChI is InChI=1S/C20H17BrNO5P/c21-17-13-11-16(12-14-17)20(15-22(23)24)28(25,26-18-7-3-1-4-8-18)27-19-9-5-2-6-10-19/h1-14,20H,15H2/t20-/m0/s1. The summed E-state index contributed by atoms with van der Waals surface area (Å²) in [6, 6.07) is 23.8. The molecule has 0 amide bonds. The van der Waals surface area contributed by atoms with Gasteiger partial charge in [0.1, 0.15) is 11.5 Å². The second-order valence-corrected chi connectivity index (χ2v) is 8.92. The molecule has 0 fully saturated rings. The number of hydrogen-bond donors (Lipinski definition) is 0. The monoisotopic (exact) mass is 461 g/mol. The molecular weight excluding hydrogens is 445 g/mol.